The van der Waals surface area contributed by atoms with Gasteiger partial charge in [-0.05, 0) is 66.9 Å². The molecule has 7 nitrogen and oxygen atoms in total. The number of aryl methyl sites for hydroxylation is 2. The molecule has 0 aromatic heterocycles. The number of ether oxygens (including phenoxy) is 2. The molecule has 3 aromatic rings. The number of hydrogen-bond acceptors (Lipinski definition) is 6. The Bertz CT molecular complexity index is 1310. The normalized spacial score (nSPS) is 17.2. The maximum atomic E-state index is 13.3. The highest BCUT2D eigenvalue weighted by Crippen LogP contribution is 2.45. The average molecular weight is 459 g/mol. The van der Waals surface area contributed by atoms with E-state index < -0.39 is 17.7 Å². The van der Waals surface area contributed by atoms with Gasteiger partial charge in [0, 0.05) is 5.56 Å². The highest BCUT2D eigenvalue weighted by atomic mass is 16.5. The Labute approximate surface area is 197 Å². The fraction of sp³-hybridized carbons (Fsp3) is 0.185. The Morgan fingerprint density at radius 2 is 1.53 bits per heavy atom. The summed E-state index contributed by atoms with van der Waals surface area (Å²) in [4.78, 5) is 28.0. The Morgan fingerprint density at radius 1 is 0.882 bits per heavy atom. The number of phenolic OH excluding ortho intramolecular Hbond substituents is 1. The van der Waals surface area contributed by atoms with Crippen molar-refractivity contribution in [2.24, 2.45) is 0 Å². The van der Waals surface area contributed by atoms with E-state index in [4.69, 9.17) is 9.47 Å². The molecule has 1 atom stereocenters. The lowest BCUT2D eigenvalue weighted by Gasteiger charge is -2.27. The maximum absolute atomic E-state index is 13.3. The number of rotatable bonds is 5. The number of aliphatic hydroxyl groups excluding tert-OH is 1. The second-order valence-corrected chi connectivity index (χ2v) is 8.07. The van der Waals surface area contributed by atoms with Gasteiger partial charge in [-0.3, -0.25) is 14.5 Å². The van der Waals surface area contributed by atoms with E-state index in [1.165, 1.54) is 24.1 Å². The van der Waals surface area contributed by atoms with Crippen molar-refractivity contribution in [3.05, 3.63) is 88.5 Å². The Morgan fingerprint density at radius 3 is 2.18 bits per heavy atom. The van der Waals surface area contributed by atoms with Crippen molar-refractivity contribution >= 4 is 23.1 Å². The number of nitrogens with zero attached hydrogens (tertiary/aromatic N) is 1. The second kappa shape index (κ2) is 8.94. The minimum atomic E-state index is -0.932. The van der Waals surface area contributed by atoms with E-state index in [9.17, 15) is 19.8 Å². The van der Waals surface area contributed by atoms with Crippen molar-refractivity contribution < 1.29 is 29.3 Å². The van der Waals surface area contributed by atoms with Gasteiger partial charge in [-0.2, -0.15) is 0 Å². The first-order chi connectivity index (χ1) is 16.3. The molecule has 1 saturated heterocycles. The zero-order valence-corrected chi connectivity index (χ0v) is 19.3. The molecule has 0 spiro atoms. The molecule has 1 unspecified atom stereocenters. The largest absolute Gasteiger partial charge is 0.508 e. The molecule has 4 rings (SSSR count). The SMILES string of the molecule is COc1cc(C)c(/C(O)=C2\C(=O)C(=O)N(c3ccccc3OC)C2c2ccc(O)cc2)cc1C. The number of carbonyl (C=O) groups excluding carboxylic acids is 2. The number of ketones is 1. The topological polar surface area (TPSA) is 96.3 Å². The Balaban J connectivity index is 1.99. The summed E-state index contributed by atoms with van der Waals surface area (Å²) >= 11 is 0. The van der Waals surface area contributed by atoms with Gasteiger partial charge < -0.3 is 19.7 Å². The van der Waals surface area contributed by atoms with E-state index in [1.54, 1.807) is 62.6 Å². The quantitative estimate of drug-likeness (QED) is 0.328. The summed E-state index contributed by atoms with van der Waals surface area (Å²) in [6.07, 6.45) is 0. The molecule has 1 amide bonds. The summed E-state index contributed by atoms with van der Waals surface area (Å²) in [5.41, 5.74) is 2.79. The molecule has 0 radical (unpaired) electrons. The van der Waals surface area contributed by atoms with Crippen LogP contribution in [0.4, 0.5) is 5.69 Å². The van der Waals surface area contributed by atoms with Crippen molar-refractivity contribution in [1.29, 1.82) is 0 Å². The van der Waals surface area contributed by atoms with Gasteiger partial charge in [0.2, 0.25) is 0 Å². The van der Waals surface area contributed by atoms with Crippen LogP contribution in [0.25, 0.3) is 5.76 Å². The average Bonchev–Trinajstić information content (AvgIpc) is 3.10. The summed E-state index contributed by atoms with van der Waals surface area (Å²) in [6, 6.07) is 15.6. The van der Waals surface area contributed by atoms with Crippen LogP contribution in [0, 0.1) is 13.8 Å². The number of methoxy groups -OCH3 is 2. The lowest BCUT2D eigenvalue weighted by Crippen LogP contribution is -2.29. The number of para-hydroxylation sites is 2. The second-order valence-electron chi connectivity index (χ2n) is 8.07. The summed E-state index contributed by atoms with van der Waals surface area (Å²) in [5, 5.41) is 21.2. The smallest absolute Gasteiger partial charge is 0.300 e. The monoisotopic (exact) mass is 459 g/mol. The van der Waals surface area contributed by atoms with E-state index in [1.807, 2.05) is 6.92 Å². The van der Waals surface area contributed by atoms with Crippen LogP contribution >= 0.6 is 0 Å². The van der Waals surface area contributed by atoms with Gasteiger partial charge in [0.1, 0.15) is 23.0 Å². The van der Waals surface area contributed by atoms with Crippen LogP contribution in [0.1, 0.15) is 28.3 Å². The van der Waals surface area contributed by atoms with Gasteiger partial charge in [-0.25, -0.2) is 0 Å². The van der Waals surface area contributed by atoms with Gasteiger partial charge in [0.05, 0.1) is 31.5 Å². The van der Waals surface area contributed by atoms with Gasteiger partial charge in [0.15, 0.2) is 0 Å². The van der Waals surface area contributed by atoms with Crippen molar-refractivity contribution in [3.63, 3.8) is 0 Å². The number of benzene rings is 3. The Kier molecular flexibility index (Phi) is 6.03. The summed E-state index contributed by atoms with van der Waals surface area (Å²) in [7, 11) is 3.04. The van der Waals surface area contributed by atoms with Crippen LogP contribution < -0.4 is 14.4 Å². The fourth-order valence-corrected chi connectivity index (χ4v) is 4.29. The molecular weight excluding hydrogens is 434 g/mol. The zero-order chi connectivity index (χ0) is 24.6. The molecule has 1 fully saturated rings. The first-order valence-corrected chi connectivity index (χ1v) is 10.7. The van der Waals surface area contributed by atoms with Crippen molar-refractivity contribution in [2.75, 3.05) is 19.1 Å². The summed E-state index contributed by atoms with van der Waals surface area (Å²) in [5.74, 6) is -0.777. The molecule has 1 aliphatic rings. The van der Waals surface area contributed by atoms with Gasteiger partial charge in [-0.15, -0.1) is 0 Å². The first kappa shape index (κ1) is 22.9. The molecule has 0 saturated carbocycles. The van der Waals surface area contributed by atoms with Gasteiger partial charge >= 0.3 is 0 Å². The number of hydrogen-bond donors (Lipinski definition) is 2. The zero-order valence-electron chi connectivity index (χ0n) is 19.3. The predicted octanol–water partition coefficient (Wildman–Crippen LogP) is 4.65. The van der Waals surface area contributed by atoms with E-state index in [2.05, 4.69) is 0 Å². The maximum Gasteiger partial charge on any atom is 0.300 e. The van der Waals surface area contributed by atoms with Crippen LogP contribution in [0.2, 0.25) is 0 Å². The number of aliphatic hydroxyl groups is 1. The van der Waals surface area contributed by atoms with Crippen molar-refractivity contribution in [3.8, 4) is 17.2 Å². The molecule has 0 aliphatic carbocycles. The third-order valence-electron chi connectivity index (χ3n) is 5.99. The number of phenols is 1. The Hall–Kier alpha value is -4.26. The summed E-state index contributed by atoms with van der Waals surface area (Å²) in [6.45, 7) is 3.63. The minimum absolute atomic E-state index is 0.0413. The number of anilines is 1. The number of carbonyl (C=O) groups is 2. The van der Waals surface area contributed by atoms with Gasteiger partial charge in [-0.1, -0.05) is 24.3 Å². The molecule has 7 heteroatoms. The molecular formula is C27H25NO6. The first-order valence-electron chi connectivity index (χ1n) is 10.7. The van der Waals surface area contributed by atoms with E-state index in [0.29, 0.717) is 33.9 Å². The van der Waals surface area contributed by atoms with Crippen molar-refractivity contribution in [2.45, 2.75) is 19.9 Å². The third kappa shape index (κ3) is 3.75. The van der Waals surface area contributed by atoms with Crippen LogP contribution in [-0.2, 0) is 9.59 Å². The van der Waals surface area contributed by atoms with Crippen LogP contribution in [0.15, 0.2) is 66.2 Å². The van der Waals surface area contributed by atoms with E-state index in [0.717, 1.165) is 5.56 Å². The molecule has 3 aromatic carbocycles. The third-order valence-corrected chi connectivity index (χ3v) is 5.99. The van der Waals surface area contributed by atoms with Crippen LogP contribution in [0.5, 0.6) is 17.2 Å². The molecule has 0 bridgehead atoms. The predicted molar refractivity (Wildman–Crippen MR) is 128 cm³/mol. The number of amides is 1. The summed E-state index contributed by atoms with van der Waals surface area (Å²) < 4.78 is 10.8. The van der Waals surface area contributed by atoms with Crippen LogP contribution in [-0.4, -0.2) is 36.1 Å². The van der Waals surface area contributed by atoms with Crippen molar-refractivity contribution in [1.82, 2.24) is 0 Å². The molecule has 1 aliphatic heterocycles. The number of Topliss-reactive ketones (excluding diaryl/α,β-unsaturated/α-hetero) is 1. The van der Waals surface area contributed by atoms with E-state index >= 15 is 0 Å². The molecule has 2 N–H and O–H groups in total. The van der Waals surface area contributed by atoms with E-state index in [-0.39, 0.29) is 17.1 Å². The standard InChI is InChI=1S/C27H25NO6/c1-15-14-22(34-4)16(2)13-19(15)25(30)23-24(17-9-11-18(29)12-10-17)28(27(32)26(23)31)20-7-5-6-8-21(20)33-3/h5-14,24,29-30H,1-4H3/b25-23+. The van der Waals surface area contributed by atoms with Crippen LogP contribution in [0.3, 0.4) is 0 Å². The minimum Gasteiger partial charge on any atom is -0.508 e. The van der Waals surface area contributed by atoms with Gasteiger partial charge in [0.25, 0.3) is 11.7 Å². The highest BCUT2D eigenvalue weighted by molar-refractivity contribution is 6.52. The lowest BCUT2D eigenvalue weighted by molar-refractivity contribution is -0.132. The fourth-order valence-electron chi connectivity index (χ4n) is 4.29. The lowest BCUT2D eigenvalue weighted by atomic mass is 9.93. The molecule has 34 heavy (non-hydrogen) atoms. The molecule has 1 heterocycles. The molecule has 174 valence electrons. The highest BCUT2D eigenvalue weighted by Gasteiger charge is 2.47. The number of aromatic hydroxyl groups is 1.